The summed E-state index contributed by atoms with van der Waals surface area (Å²) in [4.78, 5) is 2.78. The second-order valence-corrected chi connectivity index (χ2v) is 1.49. The van der Waals surface area contributed by atoms with Gasteiger partial charge in [0.15, 0.2) is 0 Å². The lowest BCUT2D eigenvalue weighted by Crippen LogP contribution is -1.54. The van der Waals surface area contributed by atoms with Crippen molar-refractivity contribution in [2.75, 3.05) is 0 Å². The minimum absolute atomic E-state index is 2.09. The van der Waals surface area contributed by atoms with E-state index in [-0.39, 0.29) is 0 Å². The smallest absolute Gasteiger partial charge is 0.146 e. The van der Waals surface area contributed by atoms with E-state index in [1.54, 1.807) is 0 Å². The molecule has 0 fully saturated rings. The molecule has 0 aromatic heterocycles. The Balaban J connectivity index is 4.20. The zero-order chi connectivity index (χ0) is 10.5. The van der Waals surface area contributed by atoms with Crippen molar-refractivity contribution in [3.63, 3.8) is 0 Å². The third-order valence-electron chi connectivity index (χ3n) is 0.684. The molecule has 0 amide bonds. The van der Waals surface area contributed by atoms with Gasteiger partial charge in [0, 0.05) is 0 Å². The Morgan fingerprint density at radius 3 is 1.57 bits per heavy atom. The predicted octanol–water partition coefficient (Wildman–Crippen LogP) is 0.513. The van der Waals surface area contributed by atoms with E-state index in [4.69, 9.17) is 13.0 Å². The number of nitrogens with zero attached hydrogens (tertiary/aromatic N) is 1. The lowest BCUT2D eigenvalue weighted by molar-refractivity contribution is 2.24. The lowest BCUT2D eigenvalue weighted by atomic mass is 10.5. The first-order chi connectivity index (χ1) is 6.91. The molecule has 0 unspecified atom stereocenters. The second-order valence-electron chi connectivity index (χ2n) is 1.49. The maximum Gasteiger partial charge on any atom is 0.146 e. The Morgan fingerprint density at radius 1 is 0.714 bits per heavy atom. The van der Waals surface area contributed by atoms with Crippen molar-refractivity contribution >= 4 is 0 Å². The maximum absolute atomic E-state index is 6.31. The molecule has 0 aliphatic rings. The fraction of sp³-hybridized carbons (Fsp3) is 0. The van der Waals surface area contributed by atoms with Gasteiger partial charge in [-0.05, 0) is 59.2 Å². The van der Waals surface area contributed by atoms with Crippen LogP contribution in [0, 0.1) is 78.2 Å². The van der Waals surface area contributed by atoms with Gasteiger partial charge in [-0.1, -0.05) is 0 Å². The topological polar surface area (TPSA) is 4.36 Å². The van der Waals surface area contributed by atoms with Crippen LogP contribution in [0.25, 0.3) is 4.85 Å². The molecule has 0 spiro atoms. The fourth-order valence-electron chi connectivity index (χ4n) is 0.311. The molecule has 0 radical (unpaired) electrons. The van der Waals surface area contributed by atoms with Crippen LogP contribution in [0.15, 0.2) is 0 Å². The summed E-state index contributed by atoms with van der Waals surface area (Å²) < 4.78 is 0. The molecule has 1 nitrogen and oxygen atoms in total. The summed E-state index contributed by atoms with van der Waals surface area (Å²) in [6.07, 6.45) is 4.85. The number of hydrogen-bond donors (Lipinski definition) is 0. The molecule has 1 heteroatoms. The second kappa shape index (κ2) is 9.85. The molecular weight excluding hydrogens is 170 g/mol. The van der Waals surface area contributed by atoms with Crippen molar-refractivity contribution < 1.29 is 0 Å². The number of terminal acetylenes is 1. The van der Waals surface area contributed by atoms with E-state index < -0.39 is 0 Å². The Morgan fingerprint density at radius 2 is 1.14 bits per heavy atom. The van der Waals surface area contributed by atoms with Gasteiger partial charge in [0.1, 0.15) is 12.6 Å². The first kappa shape index (κ1) is 10.8. The quantitative estimate of drug-likeness (QED) is 0.369. The van der Waals surface area contributed by atoms with Crippen LogP contribution in [-0.4, -0.2) is 0 Å². The summed E-state index contributed by atoms with van der Waals surface area (Å²) in [6.45, 7) is 6.31. The highest BCUT2D eigenvalue weighted by Gasteiger charge is 1.55. The van der Waals surface area contributed by atoms with Gasteiger partial charge in [0.25, 0.3) is 0 Å². The van der Waals surface area contributed by atoms with Gasteiger partial charge in [0.2, 0.25) is 0 Å². The van der Waals surface area contributed by atoms with E-state index in [1.807, 2.05) is 0 Å². The summed E-state index contributed by atoms with van der Waals surface area (Å²) in [7, 11) is 0. The zero-order valence-corrected chi connectivity index (χ0v) is 7.02. The van der Waals surface area contributed by atoms with Crippen LogP contribution in [0.3, 0.4) is 0 Å². The van der Waals surface area contributed by atoms with Crippen molar-refractivity contribution in [1.82, 2.24) is 0 Å². The van der Waals surface area contributed by atoms with Crippen LogP contribution in [0.1, 0.15) is 0 Å². The van der Waals surface area contributed by atoms with E-state index in [0.717, 1.165) is 0 Å². The van der Waals surface area contributed by atoms with Crippen molar-refractivity contribution in [1.29, 1.82) is 0 Å². The third-order valence-corrected chi connectivity index (χ3v) is 0.684. The minimum Gasteiger partial charge on any atom is -0.193 e. The summed E-state index contributed by atoms with van der Waals surface area (Å²) in [6, 6.07) is 2.09. The molecule has 0 bridgehead atoms. The largest absolute Gasteiger partial charge is 0.193 e. The molecule has 0 aliphatic heterocycles. The molecule has 0 saturated heterocycles. The normalized spacial score (nSPS) is 3.57. The van der Waals surface area contributed by atoms with Crippen molar-refractivity contribution in [3.8, 4) is 71.7 Å². The molecular formula is C13HN. The molecule has 0 aromatic carbocycles. The Kier molecular flexibility index (Phi) is 7.63. The van der Waals surface area contributed by atoms with Crippen LogP contribution < -0.4 is 0 Å². The van der Waals surface area contributed by atoms with Crippen LogP contribution >= 0.6 is 0 Å². The Labute approximate surface area is 83.7 Å². The maximum atomic E-state index is 6.31. The summed E-state index contributed by atoms with van der Waals surface area (Å²) in [5, 5.41) is 0. The molecule has 0 aromatic rings. The molecule has 0 heterocycles. The SMILES string of the molecule is [C-]#[N+]C#CC#CC#CC#CC#CC#C. The highest BCUT2D eigenvalue weighted by Crippen LogP contribution is 1.57. The van der Waals surface area contributed by atoms with Crippen LogP contribution in [0.2, 0.25) is 0 Å². The molecule has 0 aliphatic carbocycles. The average Bonchev–Trinajstić information content (AvgIpc) is 2.21. The van der Waals surface area contributed by atoms with Crippen molar-refractivity contribution in [2.24, 2.45) is 0 Å². The van der Waals surface area contributed by atoms with E-state index in [1.165, 1.54) is 0 Å². The standard InChI is InChI=1S/C13HN/c1-3-4-5-6-7-8-9-10-11-12-13-14-2/h1H. The van der Waals surface area contributed by atoms with Gasteiger partial charge >= 0.3 is 0 Å². The van der Waals surface area contributed by atoms with E-state index in [9.17, 15) is 0 Å². The van der Waals surface area contributed by atoms with Crippen LogP contribution in [-0.2, 0) is 0 Å². The number of hydrogen-bond acceptors (Lipinski definition) is 0. The molecule has 0 atom stereocenters. The first-order valence-corrected chi connectivity index (χ1v) is 3.24. The Bertz CT molecular complexity index is 526. The predicted molar refractivity (Wildman–Crippen MR) is 54.3 cm³/mol. The van der Waals surface area contributed by atoms with Crippen molar-refractivity contribution in [3.05, 3.63) is 11.4 Å². The van der Waals surface area contributed by atoms with E-state index >= 15 is 0 Å². The summed E-state index contributed by atoms with van der Waals surface area (Å²) in [5.41, 5.74) is 0. The van der Waals surface area contributed by atoms with Crippen LogP contribution in [0.4, 0.5) is 0 Å². The van der Waals surface area contributed by atoms with Gasteiger partial charge in [-0.25, -0.2) is 0 Å². The first-order valence-electron chi connectivity index (χ1n) is 3.24. The van der Waals surface area contributed by atoms with Gasteiger partial charge in [-0.3, -0.25) is 0 Å². The molecule has 14 heavy (non-hydrogen) atoms. The van der Waals surface area contributed by atoms with Gasteiger partial charge in [0.05, 0.1) is 0 Å². The van der Waals surface area contributed by atoms with Crippen LogP contribution in [0.5, 0.6) is 0 Å². The fourth-order valence-corrected chi connectivity index (χ4v) is 0.311. The monoisotopic (exact) mass is 171 g/mol. The molecule has 0 saturated carbocycles. The molecule has 0 rings (SSSR count). The highest BCUT2D eigenvalue weighted by atomic mass is 14.6. The van der Waals surface area contributed by atoms with Gasteiger partial charge < -0.3 is 0 Å². The van der Waals surface area contributed by atoms with Gasteiger partial charge in [-0.15, -0.1) is 6.42 Å². The highest BCUT2D eigenvalue weighted by molar-refractivity contribution is 5.43. The lowest BCUT2D eigenvalue weighted by Gasteiger charge is -1.55. The zero-order valence-electron chi connectivity index (χ0n) is 7.02. The summed E-state index contributed by atoms with van der Waals surface area (Å²) in [5.74, 6) is 23.5. The minimum atomic E-state index is 2.09. The van der Waals surface area contributed by atoms with E-state index in [0.29, 0.717) is 0 Å². The molecule has 0 N–H and O–H groups in total. The summed E-state index contributed by atoms with van der Waals surface area (Å²) >= 11 is 0. The number of rotatable bonds is 0. The Hall–Kier alpha value is -3.15. The van der Waals surface area contributed by atoms with E-state index in [2.05, 4.69) is 70.1 Å². The van der Waals surface area contributed by atoms with Gasteiger partial charge in [-0.2, -0.15) is 4.85 Å². The molecule has 58 valence electrons. The van der Waals surface area contributed by atoms with Crippen molar-refractivity contribution in [2.45, 2.75) is 0 Å². The third kappa shape index (κ3) is 8.85. The average molecular weight is 171 g/mol.